The molecule has 0 bridgehead atoms. The number of hydrogen-bond donors (Lipinski definition) is 0. The molecule has 2 heterocycles. The summed E-state index contributed by atoms with van der Waals surface area (Å²) < 4.78 is 3.37. The quantitative estimate of drug-likeness (QED) is 0.488. The smallest absolute Gasteiger partial charge is 0.280 e. The summed E-state index contributed by atoms with van der Waals surface area (Å²) in [7, 11) is 0. The van der Waals surface area contributed by atoms with Gasteiger partial charge in [-0.3, -0.25) is 13.8 Å². The van der Waals surface area contributed by atoms with Crippen molar-refractivity contribution >= 4 is 17.4 Å². The lowest BCUT2D eigenvalue weighted by Gasteiger charge is -2.09. The Morgan fingerprint density at radius 3 is 2.41 bits per heavy atom. The third-order valence-corrected chi connectivity index (χ3v) is 5.50. The van der Waals surface area contributed by atoms with E-state index in [1.807, 2.05) is 36.5 Å². The van der Waals surface area contributed by atoms with Crippen LogP contribution in [0.1, 0.15) is 30.9 Å². The maximum atomic E-state index is 12.9. The molecule has 5 nitrogen and oxygen atoms in total. The fraction of sp³-hybridized carbons (Fsp3) is 0.190. The van der Waals surface area contributed by atoms with E-state index in [0.29, 0.717) is 16.7 Å². The van der Waals surface area contributed by atoms with Crippen molar-refractivity contribution in [3.63, 3.8) is 0 Å². The van der Waals surface area contributed by atoms with E-state index in [-0.39, 0.29) is 5.56 Å². The van der Waals surface area contributed by atoms with Crippen molar-refractivity contribution in [1.29, 1.82) is 0 Å². The summed E-state index contributed by atoms with van der Waals surface area (Å²) >= 11 is 1.57. The molecule has 0 amide bonds. The lowest BCUT2D eigenvalue weighted by Crippen LogP contribution is -2.20. The first-order valence-electron chi connectivity index (χ1n) is 8.87. The molecule has 0 saturated carbocycles. The highest BCUT2D eigenvalue weighted by atomic mass is 32.2. The number of aromatic nitrogens is 4. The molecule has 136 valence electrons. The number of fused-ring (bicyclic) bond motifs is 1. The summed E-state index contributed by atoms with van der Waals surface area (Å²) in [5, 5.41) is 9.04. The minimum absolute atomic E-state index is 0.172. The predicted octanol–water partition coefficient (Wildman–Crippen LogP) is 4.30. The Morgan fingerprint density at radius 2 is 1.70 bits per heavy atom. The second kappa shape index (κ2) is 7.40. The van der Waals surface area contributed by atoms with E-state index in [2.05, 4.69) is 48.3 Å². The van der Waals surface area contributed by atoms with Crippen LogP contribution in [0.3, 0.4) is 0 Å². The van der Waals surface area contributed by atoms with Crippen molar-refractivity contribution in [2.45, 2.75) is 30.7 Å². The number of rotatable bonds is 5. The lowest BCUT2D eigenvalue weighted by atomic mass is 10.0. The van der Waals surface area contributed by atoms with Gasteiger partial charge in [0, 0.05) is 23.8 Å². The first kappa shape index (κ1) is 17.5. The summed E-state index contributed by atoms with van der Waals surface area (Å²) in [4.78, 5) is 12.9. The van der Waals surface area contributed by atoms with Gasteiger partial charge in [-0.05, 0) is 29.2 Å². The molecule has 0 N–H and O–H groups in total. The summed E-state index contributed by atoms with van der Waals surface area (Å²) in [6.45, 7) is 4.30. The first-order valence-corrected chi connectivity index (χ1v) is 9.85. The number of hydrogen-bond acceptors (Lipinski definition) is 4. The van der Waals surface area contributed by atoms with Crippen molar-refractivity contribution in [3.05, 3.63) is 88.5 Å². The van der Waals surface area contributed by atoms with E-state index in [0.717, 1.165) is 11.4 Å². The maximum Gasteiger partial charge on any atom is 0.300 e. The average molecular weight is 376 g/mol. The molecular weight excluding hydrogens is 356 g/mol. The van der Waals surface area contributed by atoms with Gasteiger partial charge in [0.25, 0.3) is 0 Å². The van der Waals surface area contributed by atoms with Gasteiger partial charge >= 0.3 is 5.56 Å². The van der Waals surface area contributed by atoms with Crippen molar-refractivity contribution in [1.82, 2.24) is 19.2 Å². The minimum Gasteiger partial charge on any atom is -0.280 e. The van der Waals surface area contributed by atoms with E-state index in [1.165, 1.54) is 11.1 Å². The van der Waals surface area contributed by atoms with Crippen LogP contribution in [0.25, 0.3) is 11.3 Å². The number of nitrogens with zero attached hydrogens (tertiary/aromatic N) is 4. The lowest BCUT2D eigenvalue weighted by molar-refractivity contribution is 0.862. The summed E-state index contributed by atoms with van der Waals surface area (Å²) in [5.41, 5.74) is 3.44. The summed E-state index contributed by atoms with van der Waals surface area (Å²) in [6.07, 6.45) is 3.62. The maximum absolute atomic E-state index is 12.9. The minimum atomic E-state index is -0.172. The zero-order chi connectivity index (χ0) is 18.8. The van der Waals surface area contributed by atoms with Gasteiger partial charge in [0.05, 0.1) is 0 Å². The van der Waals surface area contributed by atoms with E-state index >= 15 is 0 Å². The van der Waals surface area contributed by atoms with E-state index in [1.54, 1.807) is 26.9 Å². The molecule has 0 atom stereocenters. The molecule has 0 saturated heterocycles. The van der Waals surface area contributed by atoms with Crippen LogP contribution in [-0.4, -0.2) is 19.2 Å². The van der Waals surface area contributed by atoms with Crippen LogP contribution in [0, 0.1) is 0 Å². The van der Waals surface area contributed by atoms with Crippen molar-refractivity contribution in [3.8, 4) is 5.69 Å². The molecule has 0 unspecified atom stereocenters. The molecule has 0 radical (unpaired) electrons. The summed E-state index contributed by atoms with van der Waals surface area (Å²) in [6, 6.07) is 18.2. The molecule has 4 rings (SSSR count). The van der Waals surface area contributed by atoms with Crippen LogP contribution < -0.4 is 5.56 Å². The SMILES string of the molecule is CC(C)c1ccc(-n2ccn3c(SCc4ccccc4)nnc3c2=O)cc1. The van der Waals surface area contributed by atoms with Gasteiger partial charge in [0.2, 0.25) is 5.65 Å². The topological polar surface area (TPSA) is 52.2 Å². The molecular formula is C21H20N4OS. The third kappa shape index (κ3) is 3.53. The second-order valence-electron chi connectivity index (χ2n) is 6.67. The van der Waals surface area contributed by atoms with Crippen LogP contribution in [0.2, 0.25) is 0 Å². The Labute approximate surface area is 161 Å². The van der Waals surface area contributed by atoms with Crippen LogP contribution in [0.4, 0.5) is 0 Å². The van der Waals surface area contributed by atoms with Gasteiger partial charge in [-0.25, -0.2) is 0 Å². The van der Waals surface area contributed by atoms with Gasteiger partial charge in [-0.2, -0.15) is 0 Å². The standard InChI is InChI=1S/C21H20N4OS/c1-15(2)17-8-10-18(11-9-17)24-12-13-25-19(20(24)26)22-23-21(25)27-14-16-6-4-3-5-7-16/h3-13,15H,14H2,1-2H3. The average Bonchev–Trinajstić information content (AvgIpc) is 3.11. The van der Waals surface area contributed by atoms with Crippen molar-refractivity contribution in [2.24, 2.45) is 0 Å². The predicted molar refractivity (Wildman–Crippen MR) is 109 cm³/mol. The van der Waals surface area contributed by atoms with Gasteiger partial charge in [0.15, 0.2) is 5.16 Å². The molecule has 0 aliphatic carbocycles. The molecule has 0 fully saturated rings. The highest BCUT2D eigenvalue weighted by molar-refractivity contribution is 7.98. The highest BCUT2D eigenvalue weighted by Gasteiger charge is 2.12. The molecule has 0 aliphatic heterocycles. The van der Waals surface area contributed by atoms with E-state index in [4.69, 9.17) is 0 Å². The van der Waals surface area contributed by atoms with Gasteiger partial charge < -0.3 is 0 Å². The van der Waals surface area contributed by atoms with E-state index < -0.39 is 0 Å². The first-order chi connectivity index (χ1) is 13.1. The molecule has 4 aromatic rings. The van der Waals surface area contributed by atoms with Crippen molar-refractivity contribution < 1.29 is 0 Å². The fourth-order valence-electron chi connectivity index (χ4n) is 2.91. The van der Waals surface area contributed by atoms with Crippen LogP contribution >= 0.6 is 11.8 Å². The fourth-order valence-corrected chi connectivity index (χ4v) is 3.78. The van der Waals surface area contributed by atoms with Crippen LogP contribution in [0.15, 0.2) is 76.9 Å². The van der Waals surface area contributed by atoms with Crippen LogP contribution in [-0.2, 0) is 5.75 Å². The number of thioether (sulfide) groups is 1. The molecule has 27 heavy (non-hydrogen) atoms. The Morgan fingerprint density at radius 1 is 0.963 bits per heavy atom. The Kier molecular flexibility index (Phi) is 4.81. The third-order valence-electron chi connectivity index (χ3n) is 4.49. The Hall–Kier alpha value is -2.86. The van der Waals surface area contributed by atoms with Crippen LogP contribution in [0.5, 0.6) is 0 Å². The van der Waals surface area contributed by atoms with Gasteiger partial charge in [0.1, 0.15) is 0 Å². The van der Waals surface area contributed by atoms with Gasteiger partial charge in [-0.15, -0.1) is 10.2 Å². The molecule has 2 aromatic carbocycles. The second-order valence-corrected chi connectivity index (χ2v) is 7.61. The zero-order valence-corrected chi connectivity index (χ0v) is 16.1. The largest absolute Gasteiger partial charge is 0.300 e. The highest BCUT2D eigenvalue weighted by Crippen LogP contribution is 2.21. The van der Waals surface area contributed by atoms with Gasteiger partial charge in [-0.1, -0.05) is 68.1 Å². The molecule has 2 aromatic heterocycles. The normalized spacial score (nSPS) is 11.4. The van der Waals surface area contributed by atoms with E-state index in [9.17, 15) is 4.79 Å². The van der Waals surface area contributed by atoms with Crippen molar-refractivity contribution in [2.75, 3.05) is 0 Å². The molecule has 0 spiro atoms. The monoisotopic (exact) mass is 376 g/mol. The zero-order valence-electron chi connectivity index (χ0n) is 15.2. The summed E-state index contributed by atoms with van der Waals surface area (Å²) in [5.74, 6) is 1.24. The number of benzene rings is 2. The molecule has 0 aliphatic rings. The Bertz CT molecular complexity index is 1110. The Balaban J connectivity index is 1.64. The molecule has 6 heteroatoms.